The summed E-state index contributed by atoms with van der Waals surface area (Å²) >= 11 is 12.2. The molecule has 0 unspecified atom stereocenters. The van der Waals surface area contributed by atoms with Gasteiger partial charge in [-0.15, -0.1) is 0 Å². The number of carbonyl (C=O) groups is 2. The third-order valence-corrected chi connectivity index (χ3v) is 4.33. The van der Waals surface area contributed by atoms with Crippen LogP contribution in [-0.2, 0) is 9.59 Å². The number of rotatable bonds is 6. The van der Waals surface area contributed by atoms with Crippen LogP contribution in [0.5, 0.6) is 5.75 Å². The number of anilines is 2. The van der Waals surface area contributed by atoms with Gasteiger partial charge in [-0.05, 0) is 24.3 Å². The molecule has 0 aliphatic rings. The Kier molecular flexibility index (Phi) is 6.67. The summed E-state index contributed by atoms with van der Waals surface area (Å²) in [6, 6.07) is 12.1. The van der Waals surface area contributed by atoms with E-state index in [9.17, 15) is 9.59 Å². The van der Waals surface area contributed by atoms with E-state index in [4.69, 9.17) is 27.9 Å². The van der Waals surface area contributed by atoms with Crippen LogP contribution in [0, 0.1) is 0 Å². The number of amides is 2. The molecule has 1 N–H and O–H groups in total. The van der Waals surface area contributed by atoms with Crippen molar-refractivity contribution in [1.29, 1.82) is 0 Å². The molecule has 132 valence electrons. The lowest BCUT2D eigenvalue weighted by Gasteiger charge is -2.22. The molecule has 0 saturated carbocycles. The van der Waals surface area contributed by atoms with E-state index in [0.717, 1.165) is 0 Å². The average molecular weight is 381 g/mol. The van der Waals surface area contributed by atoms with Gasteiger partial charge in [0.2, 0.25) is 11.8 Å². The Bertz CT molecular complexity index is 781. The first-order valence-electron chi connectivity index (χ1n) is 7.58. The third kappa shape index (κ3) is 5.11. The third-order valence-electron chi connectivity index (χ3n) is 3.52. The summed E-state index contributed by atoms with van der Waals surface area (Å²) in [5.74, 6) is 0.199. The Morgan fingerprint density at radius 1 is 1.16 bits per heavy atom. The van der Waals surface area contributed by atoms with E-state index < -0.39 is 0 Å². The van der Waals surface area contributed by atoms with Gasteiger partial charge in [-0.2, -0.15) is 0 Å². The number of benzene rings is 2. The molecular formula is C18H18Cl2N2O3. The topological polar surface area (TPSA) is 58.6 Å². The highest BCUT2D eigenvalue weighted by Crippen LogP contribution is 2.32. The SMILES string of the molecule is COc1cccc(NC(=O)CCN(C(C)=O)c2cccc(Cl)c2Cl)c1. The van der Waals surface area contributed by atoms with Crippen molar-refractivity contribution >= 4 is 46.4 Å². The van der Waals surface area contributed by atoms with Crippen LogP contribution < -0.4 is 15.0 Å². The Hall–Kier alpha value is -2.24. The van der Waals surface area contributed by atoms with E-state index in [1.165, 1.54) is 11.8 Å². The number of nitrogens with one attached hydrogen (secondary N) is 1. The van der Waals surface area contributed by atoms with Gasteiger partial charge in [0.25, 0.3) is 0 Å². The normalized spacial score (nSPS) is 10.2. The molecule has 0 aliphatic heterocycles. The maximum atomic E-state index is 12.2. The smallest absolute Gasteiger partial charge is 0.226 e. The van der Waals surface area contributed by atoms with Crippen LogP contribution in [0.15, 0.2) is 42.5 Å². The first kappa shape index (κ1) is 19.1. The molecule has 7 heteroatoms. The maximum absolute atomic E-state index is 12.2. The van der Waals surface area contributed by atoms with Crippen molar-refractivity contribution in [3.05, 3.63) is 52.5 Å². The quantitative estimate of drug-likeness (QED) is 0.808. The van der Waals surface area contributed by atoms with Gasteiger partial charge in [-0.1, -0.05) is 35.3 Å². The Morgan fingerprint density at radius 3 is 2.56 bits per heavy atom. The molecule has 0 saturated heterocycles. The largest absolute Gasteiger partial charge is 0.497 e. The molecule has 0 radical (unpaired) electrons. The monoisotopic (exact) mass is 380 g/mol. The highest BCUT2D eigenvalue weighted by atomic mass is 35.5. The number of methoxy groups -OCH3 is 1. The first-order valence-corrected chi connectivity index (χ1v) is 8.34. The molecule has 2 rings (SSSR count). The highest BCUT2D eigenvalue weighted by molar-refractivity contribution is 6.44. The number of hydrogen-bond donors (Lipinski definition) is 1. The molecule has 0 fully saturated rings. The zero-order valence-electron chi connectivity index (χ0n) is 13.9. The number of halogens is 2. The fourth-order valence-corrected chi connectivity index (χ4v) is 2.68. The maximum Gasteiger partial charge on any atom is 0.226 e. The molecule has 2 aromatic rings. The van der Waals surface area contributed by atoms with Crippen molar-refractivity contribution in [2.45, 2.75) is 13.3 Å². The summed E-state index contributed by atoms with van der Waals surface area (Å²) < 4.78 is 5.12. The van der Waals surface area contributed by atoms with Crippen LogP contribution in [0.2, 0.25) is 10.0 Å². The number of hydrogen-bond acceptors (Lipinski definition) is 3. The summed E-state index contributed by atoms with van der Waals surface area (Å²) in [4.78, 5) is 25.5. The van der Waals surface area contributed by atoms with Crippen molar-refractivity contribution < 1.29 is 14.3 Å². The minimum absolute atomic E-state index is 0.111. The molecule has 0 spiro atoms. The molecule has 2 amide bonds. The lowest BCUT2D eigenvalue weighted by molar-refractivity contribution is -0.117. The van der Waals surface area contributed by atoms with Crippen LogP contribution in [0.25, 0.3) is 0 Å². The summed E-state index contributed by atoms with van der Waals surface area (Å²) in [5, 5.41) is 3.41. The van der Waals surface area contributed by atoms with Crippen molar-refractivity contribution in [1.82, 2.24) is 0 Å². The van der Waals surface area contributed by atoms with Gasteiger partial charge in [0.15, 0.2) is 0 Å². The van der Waals surface area contributed by atoms with Crippen molar-refractivity contribution in [2.24, 2.45) is 0 Å². The Morgan fingerprint density at radius 2 is 1.88 bits per heavy atom. The van der Waals surface area contributed by atoms with E-state index in [1.54, 1.807) is 49.6 Å². The Labute approximate surface area is 156 Å². The van der Waals surface area contributed by atoms with E-state index in [0.29, 0.717) is 22.1 Å². The first-order chi connectivity index (χ1) is 11.9. The fraction of sp³-hybridized carbons (Fsp3) is 0.222. The van der Waals surface area contributed by atoms with Gasteiger partial charge in [-0.3, -0.25) is 9.59 Å². The van der Waals surface area contributed by atoms with Crippen molar-refractivity contribution in [2.75, 3.05) is 23.9 Å². The number of carbonyl (C=O) groups excluding carboxylic acids is 2. The summed E-state index contributed by atoms with van der Waals surface area (Å²) in [6.45, 7) is 1.60. The molecule has 0 heterocycles. The molecule has 0 aliphatic carbocycles. The molecule has 2 aromatic carbocycles. The van der Waals surface area contributed by atoms with Gasteiger partial charge in [0.05, 0.1) is 22.8 Å². The Balaban J connectivity index is 2.04. The highest BCUT2D eigenvalue weighted by Gasteiger charge is 2.17. The van der Waals surface area contributed by atoms with Crippen molar-refractivity contribution in [3.8, 4) is 5.75 Å². The minimum Gasteiger partial charge on any atom is -0.497 e. The van der Waals surface area contributed by atoms with E-state index in [2.05, 4.69) is 5.32 Å². The lowest BCUT2D eigenvalue weighted by Crippen LogP contribution is -2.32. The molecule has 0 bridgehead atoms. The fourth-order valence-electron chi connectivity index (χ4n) is 2.29. The van der Waals surface area contributed by atoms with Crippen LogP contribution in [0.4, 0.5) is 11.4 Å². The van der Waals surface area contributed by atoms with Crippen LogP contribution >= 0.6 is 23.2 Å². The minimum atomic E-state index is -0.224. The van der Waals surface area contributed by atoms with Gasteiger partial charge >= 0.3 is 0 Å². The van der Waals surface area contributed by atoms with Crippen LogP contribution in [0.1, 0.15) is 13.3 Å². The van der Waals surface area contributed by atoms with Gasteiger partial charge in [0.1, 0.15) is 5.75 Å². The molecular weight excluding hydrogens is 363 g/mol. The second-order valence-electron chi connectivity index (χ2n) is 5.27. The van der Waals surface area contributed by atoms with Crippen LogP contribution in [0.3, 0.4) is 0 Å². The second kappa shape index (κ2) is 8.74. The molecule has 0 atom stereocenters. The lowest BCUT2D eigenvalue weighted by atomic mass is 10.2. The molecule has 25 heavy (non-hydrogen) atoms. The summed E-state index contributed by atoms with van der Waals surface area (Å²) in [5.41, 5.74) is 1.11. The summed E-state index contributed by atoms with van der Waals surface area (Å²) in [7, 11) is 1.56. The van der Waals surface area contributed by atoms with Gasteiger partial charge in [-0.25, -0.2) is 0 Å². The van der Waals surface area contributed by atoms with E-state index in [-0.39, 0.29) is 29.8 Å². The van der Waals surface area contributed by atoms with Gasteiger partial charge < -0.3 is 15.0 Å². The van der Waals surface area contributed by atoms with Crippen LogP contribution in [-0.4, -0.2) is 25.5 Å². The van der Waals surface area contributed by atoms with E-state index >= 15 is 0 Å². The number of ether oxygens (including phenoxy) is 1. The van der Waals surface area contributed by atoms with Gasteiger partial charge in [0, 0.05) is 31.6 Å². The zero-order valence-corrected chi connectivity index (χ0v) is 15.4. The molecule has 0 aromatic heterocycles. The zero-order chi connectivity index (χ0) is 18.4. The predicted octanol–water partition coefficient (Wildman–Crippen LogP) is 4.38. The number of nitrogens with zero attached hydrogens (tertiary/aromatic N) is 1. The van der Waals surface area contributed by atoms with E-state index in [1.807, 2.05) is 0 Å². The predicted molar refractivity (Wildman–Crippen MR) is 101 cm³/mol. The summed E-state index contributed by atoms with van der Waals surface area (Å²) in [6.07, 6.45) is 0.111. The molecule has 5 nitrogen and oxygen atoms in total. The standard InChI is InChI=1S/C18H18Cl2N2O3/c1-12(23)22(16-8-4-7-15(19)18(16)20)10-9-17(24)21-13-5-3-6-14(11-13)25-2/h3-8,11H,9-10H2,1-2H3,(H,21,24). The van der Waals surface area contributed by atoms with Crippen molar-refractivity contribution in [3.63, 3.8) is 0 Å². The average Bonchev–Trinajstić information content (AvgIpc) is 2.58. The second-order valence-corrected chi connectivity index (χ2v) is 6.06.